The molecule has 0 fully saturated rings. The Morgan fingerprint density at radius 2 is 2.19 bits per heavy atom. The van der Waals surface area contributed by atoms with Gasteiger partial charge in [-0.15, -0.1) is 11.3 Å². The molecule has 1 heterocycles. The molecule has 0 saturated carbocycles. The summed E-state index contributed by atoms with van der Waals surface area (Å²) in [5, 5.41) is 11.7. The molecular weight excluding hydrogens is 358 g/mol. The van der Waals surface area contributed by atoms with Crippen LogP contribution in [-0.4, -0.2) is 36.2 Å². The van der Waals surface area contributed by atoms with Crippen LogP contribution in [0.3, 0.4) is 0 Å². The number of carbonyl (C=O) groups is 2. The van der Waals surface area contributed by atoms with Gasteiger partial charge in [-0.05, 0) is 47.8 Å². The van der Waals surface area contributed by atoms with E-state index in [1.807, 2.05) is 12.1 Å². The standard InChI is InChI=1S/C14H20BrNO4S/c1-14(9-20-2,8-13(18)19)16-12(17)5-3-4-10-6-7-11(15)21-10/h6-7H,3-5,8-9H2,1-2H3,(H,16,17)(H,18,19). The minimum absolute atomic E-state index is 0.147. The van der Waals surface area contributed by atoms with Gasteiger partial charge >= 0.3 is 5.97 Å². The molecule has 0 aliphatic heterocycles. The van der Waals surface area contributed by atoms with Crippen molar-refractivity contribution in [1.29, 1.82) is 0 Å². The number of hydrogen-bond donors (Lipinski definition) is 2. The van der Waals surface area contributed by atoms with Gasteiger partial charge in [0.25, 0.3) is 0 Å². The molecule has 0 aliphatic carbocycles. The van der Waals surface area contributed by atoms with Crippen LogP contribution in [0, 0.1) is 0 Å². The van der Waals surface area contributed by atoms with Crippen molar-refractivity contribution >= 4 is 39.1 Å². The molecule has 0 radical (unpaired) electrons. The van der Waals surface area contributed by atoms with E-state index in [1.165, 1.54) is 12.0 Å². The Morgan fingerprint density at radius 1 is 1.48 bits per heavy atom. The minimum atomic E-state index is -0.960. The van der Waals surface area contributed by atoms with Crippen molar-refractivity contribution < 1.29 is 19.4 Å². The molecule has 1 unspecified atom stereocenters. The molecule has 0 aliphatic rings. The van der Waals surface area contributed by atoms with Crippen molar-refractivity contribution in [2.75, 3.05) is 13.7 Å². The van der Waals surface area contributed by atoms with Gasteiger partial charge in [0.15, 0.2) is 0 Å². The second-order valence-corrected chi connectivity index (χ2v) is 7.72. The number of methoxy groups -OCH3 is 1. The lowest BCUT2D eigenvalue weighted by Gasteiger charge is -2.28. The van der Waals surface area contributed by atoms with E-state index < -0.39 is 11.5 Å². The van der Waals surface area contributed by atoms with Gasteiger partial charge in [0, 0.05) is 18.4 Å². The molecule has 0 aromatic carbocycles. The first-order chi connectivity index (χ1) is 9.84. The first kappa shape index (κ1) is 18.1. The van der Waals surface area contributed by atoms with E-state index in [9.17, 15) is 9.59 Å². The Kier molecular flexibility index (Phi) is 7.34. The van der Waals surface area contributed by atoms with Crippen LogP contribution < -0.4 is 5.32 Å². The maximum Gasteiger partial charge on any atom is 0.305 e. The zero-order valence-electron chi connectivity index (χ0n) is 12.1. The molecule has 0 spiro atoms. The number of aryl methyl sites for hydroxylation is 1. The Hall–Kier alpha value is -0.920. The number of halogens is 1. The Balaban J connectivity index is 2.41. The van der Waals surface area contributed by atoms with Crippen LogP contribution in [0.5, 0.6) is 0 Å². The molecule has 7 heteroatoms. The fourth-order valence-corrected chi connectivity index (χ4v) is 3.62. The average Bonchev–Trinajstić information content (AvgIpc) is 2.73. The molecule has 0 bridgehead atoms. The maximum absolute atomic E-state index is 11.9. The highest BCUT2D eigenvalue weighted by Crippen LogP contribution is 2.23. The van der Waals surface area contributed by atoms with E-state index >= 15 is 0 Å². The van der Waals surface area contributed by atoms with E-state index in [0.29, 0.717) is 6.42 Å². The molecule has 0 saturated heterocycles. The average molecular weight is 378 g/mol. The van der Waals surface area contributed by atoms with Crippen LogP contribution in [0.25, 0.3) is 0 Å². The van der Waals surface area contributed by atoms with Crippen LogP contribution in [0.2, 0.25) is 0 Å². The van der Waals surface area contributed by atoms with E-state index in [4.69, 9.17) is 9.84 Å². The Morgan fingerprint density at radius 3 is 2.71 bits per heavy atom. The molecule has 1 amide bonds. The topological polar surface area (TPSA) is 75.6 Å². The number of amides is 1. The first-order valence-electron chi connectivity index (χ1n) is 6.60. The van der Waals surface area contributed by atoms with E-state index in [2.05, 4.69) is 21.2 Å². The van der Waals surface area contributed by atoms with E-state index in [-0.39, 0.29) is 18.9 Å². The third kappa shape index (κ3) is 7.06. The van der Waals surface area contributed by atoms with Gasteiger partial charge in [-0.2, -0.15) is 0 Å². The third-order valence-corrected chi connectivity index (χ3v) is 4.58. The lowest BCUT2D eigenvalue weighted by molar-refractivity contribution is -0.139. The number of carboxylic acid groups (broad SMARTS) is 1. The van der Waals surface area contributed by atoms with Crippen LogP contribution in [0.4, 0.5) is 0 Å². The summed E-state index contributed by atoms with van der Waals surface area (Å²) in [7, 11) is 1.49. The Labute approximate surface area is 136 Å². The zero-order chi connectivity index (χ0) is 15.9. The molecule has 118 valence electrons. The monoisotopic (exact) mass is 377 g/mol. The lowest BCUT2D eigenvalue weighted by Crippen LogP contribution is -2.50. The van der Waals surface area contributed by atoms with Gasteiger partial charge in [0.1, 0.15) is 0 Å². The van der Waals surface area contributed by atoms with Crippen LogP contribution >= 0.6 is 27.3 Å². The molecule has 1 atom stereocenters. The quantitative estimate of drug-likeness (QED) is 0.693. The van der Waals surface area contributed by atoms with Crippen LogP contribution in [0.15, 0.2) is 15.9 Å². The summed E-state index contributed by atoms with van der Waals surface area (Å²) < 4.78 is 6.08. The van der Waals surface area contributed by atoms with Crippen molar-refractivity contribution in [2.24, 2.45) is 0 Å². The summed E-state index contributed by atoms with van der Waals surface area (Å²) in [6.45, 7) is 1.85. The molecule has 5 nitrogen and oxygen atoms in total. The number of hydrogen-bond acceptors (Lipinski definition) is 4. The van der Waals surface area contributed by atoms with Crippen molar-refractivity contribution in [2.45, 2.75) is 38.1 Å². The van der Waals surface area contributed by atoms with Gasteiger partial charge in [-0.25, -0.2) is 0 Å². The molecule has 1 rings (SSSR count). The fraction of sp³-hybridized carbons (Fsp3) is 0.571. The number of rotatable bonds is 9. The van der Waals surface area contributed by atoms with E-state index in [0.717, 1.165) is 16.6 Å². The van der Waals surface area contributed by atoms with Crippen molar-refractivity contribution in [3.63, 3.8) is 0 Å². The molecular formula is C14H20BrNO4S. The first-order valence-corrected chi connectivity index (χ1v) is 8.21. The lowest BCUT2D eigenvalue weighted by atomic mass is 9.98. The van der Waals surface area contributed by atoms with Gasteiger partial charge in [-0.3, -0.25) is 9.59 Å². The summed E-state index contributed by atoms with van der Waals surface area (Å²) in [6, 6.07) is 4.02. The third-order valence-electron chi connectivity index (χ3n) is 2.90. The van der Waals surface area contributed by atoms with Crippen LogP contribution in [-0.2, 0) is 20.7 Å². The second kappa shape index (κ2) is 8.51. The molecule has 21 heavy (non-hydrogen) atoms. The van der Waals surface area contributed by atoms with Gasteiger partial charge in [0.2, 0.25) is 5.91 Å². The van der Waals surface area contributed by atoms with Crippen molar-refractivity contribution in [1.82, 2.24) is 5.32 Å². The number of ether oxygens (including phenoxy) is 1. The predicted octanol–water partition coefficient (Wildman–Crippen LogP) is 2.83. The number of carbonyl (C=O) groups excluding carboxylic acids is 1. The summed E-state index contributed by atoms with van der Waals surface area (Å²) in [4.78, 5) is 24.0. The highest BCUT2D eigenvalue weighted by Gasteiger charge is 2.29. The SMILES string of the molecule is COCC(C)(CC(=O)O)NC(=O)CCCc1ccc(Br)s1. The highest BCUT2D eigenvalue weighted by molar-refractivity contribution is 9.11. The van der Waals surface area contributed by atoms with Gasteiger partial charge in [-0.1, -0.05) is 0 Å². The minimum Gasteiger partial charge on any atom is -0.481 e. The normalized spacial score (nSPS) is 13.7. The summed E-state index contributed by atoms with van der Waals surface area (Å²) in [5.41, 5.74) is -0.871. The van der Waals surface area contributed by atoms with Gasteiger partial charge < -0.3 is 15.2 Å². The van der Waals surface area contributed by atoms with Crippen molar-refractivity contribution in [3.8, 4) is 0 Å². The molecule has 2 N–H and O–H groups in total. The smallest absolute Gasteiger partial charge is 0.305 e. The van der Waals surface area contributed by atoms with E-state index in [1.54, 1.807) is 18.3 Å². The summed E-state index contributed by atoms with van der Waals surface area (Å²) >= 11 is 5.06. The largest absolute Gasteiger partial charge is 0.481 e. The summed E-state index contributed by atoms with van der Waals surface area (Å²) in [5.74, 6) is -1.11. The maximum atomic E-state index is 11.9. The number of nitrogens with one attached hydrogen (secondary N) is 1. The molecule has 1 aromatic rings. The van der Waals surface area contributed by atoms with Gasteiger partial charge in [0.05, 0.1) is 22.4 Å². The van der Waals surface area contributed by atoms with Crippen molar-refractivity contribution in [3.05, 3.63) is 20.8 Å². The molecule has 1 aromatic heterocycles. The second-order valence-electron chi connectivity index (χ2n) is 5.17. The predicted molar refractivity (Wildman–Crippen MR) is 85.6 cm³/mol. The highest BCUT2D eigenvalue weighted by atomic mass is 79.9. The number of aliphatic carboxylic acids is 1. The number of carboxylic acids is 1. The number of thiophene rings is 1. The van der Waals surface area contributed by atoms with Crippen LogP contribution in [0.1, 0.15) is 31.1 Å². The Bertz CT molecular complexity index is 491. The summed E-state index contributed by atoms with van der Waals surface area (Å²) in [6.07, 6.45) is 1.78. The zero-order valence-corrected chi connectivity index (χ0v) is 14.6. The fourth-order valence-electron chi connectivity index (χ4n) is 2.09.